The first kappa shape index (κ1) is 13.5. The van der Waals surface area contributed by atoms with E-state index in [0.717, 1.165) is 13.0 Å². The van der Waals surface area contributed by atoms with E-state index in [0.29, 0.717) is 6.61 Å². The quantitative estimate of drug-likeness (QED) is 0.575. The van der Waals surface area contributed by atoms with Gasteiger partial charge >= 0.3 is 5.97 Å². The van der Waals surface area contributed by atoms with Gasteiger partial charge in [-0.2, -0.15) is 0 Å². The maximum Gasteiger partial charge on any atom is 0.311 e. The second kappa shape index (κ2) is 6.24. The summed E-state index contributed by atoms with van der Waals surface area (Å²) in [5.41, 5.74) is -0.363. The molecule has 0 spiro atoms. The highest BCUT2D eigenvalue weighted by molar-refractivity contribution is 5.75. The number of quaternary nitrogens is 1. The van der Waals surface area contributed by atoms with Crippen LogP contribution in [0.4, 0.5) is 0 Å². The second-order valence-electron chi connectivity index (χ2n) is 5.80. The van der Waals surface area contributed by atoms with Crippen LogP contribution < -0.4 is 4.90 Å². The minimum atomic E-state index is -0.363. The molecule has 1 heterocycles. The monoisotopic (exact) mass is 228 g/mol. The number of hydrogen-bond acceptors (Lipinski definition) is 2. The molecule has 0 atom stereocenters. The highest BCUT2D eigenvalue weighted by Gasteiger charge is 2.22. The van der Waals surface area contributed by atoms with E-state index in [1.54, 1.807) is 4.90 Å². The van der Waals surface area contributed by atoms with Crippen molar-refractivity contribution >= 4 is 5.97 Å². The van der Waals surface area contributed by atoms with Gasteiger partial charge in [-0.15, -0.1) is 0 Å². The Morgan fingerprint density at radius 1 is 1.19 bits per heavy atom. The van der Waals surface area contributed by atoms with Crippen molar-refractivity contribution in [2.75, 3.05) is 26.2 Å². The van der Waals surface area contributed by atoms with Gasteiger partial charge in [0, 0.05) is 6.42 Å². The van der Waals surface area contributed by atoms with Gasteiger partial charge in [0.2, 0.25) is 0 Å². The Bertz CT molecular complexity index is 214. The van der Waals surface area contributed by atoms with Crippen molar-refractivity contribution in [2.24, 2.45) is 5.41 Å². The van der Waals surface area contributed by atoms with Gasteiger partial charge < -0.3 is 9.64 Å². The summed E-state index contributed by atoms with van der Waals surface area (Å²) < 4.78 is 5.25. The summed E-state index contributed by atoms with van der Waals surface area (Å²) >= 11 is 0. The Labute approximate surface area is 99.1 Å². The molecule has 94 valence electrons. The van der Waals surface area contributed by atoms with Gasteiger partial charge in [0.05, 0.1) is 31.7 Å². The third-order valence-electron chi connectivity index (χ3n) is 3.08. The van der Waals surface area contributed by atoms with Crippen LogP contribution in [-0.2, 0) is 9.53 Å². The van der Waals surface area contributed by atoms with Gasteiger partial charge in [-0.05, 0) is 40.0 Å². The number of nitrogens with one attached hydrogen (secondary N) is 1. The zero-order chi connectivity index (χ0) is 12.0. The molecule has 1 aliphatic rings. The van der Waals surface area contributed by atoms with E-state index in [-0.39, 0.29) is 11.4 Å². The predicted molar refractivity (Wildman–Crippen MR) is 64.4 cm³/mol. The molecule has 1 rings (SSSR count). The van der Waals surface area contributed by atoms with Gasteiger partial charge in [-0.1, -0.05) is 0 Å². The Morgan fingerprint density at radius 2 is 1.81 bits per heavy atom. The standard InChI is InChI=1S/C13H25NO2/c1-13(2,3)12(15)16-11-7-10-14-8-5-4-6-9-14/h4-11H2,1-3H3/p+1. The van der Waals surface area contributed by atoms with Crippen LogP contribution >= 0.6 is 0 Å². The zero-order valence-corrected chi connectivity index (χ0v) is 11.0. The van der Waals surface area contributed by atoms with Crippen molar-refractivity contribution in [1.82, 2.24) is 0 Å². The smallest absolute Gasteiger partial charge is 0.311 e. The molecule has 0 unspecified atom stereocenters. The van der Waals surface area contributed by atoms with Gasteiger partial charge in [-0.25, -0.2) is 0 Å². The average molecular weight is 228 g/mol. The molecule has 0 aromatic carbocycles. The lowest BCUT2D eigenvalue weighted by Crippen LogP contribution is -3.12. The third-order valence-corrected chi connectivity index (χ3v) is 3.08. The number of carbonyl (C=O) groups excluding carboxylic acids is 1. The molecule has 16 heavy (non-hydrogen) atoms. The third kappa shape index (κ3) is 4.97. The van der Waals surface area contributed by atoms with Gasteiger partial charge in [-0.3, -0.25) is 4.79 Å². The molecule has 0 saturated carbocycles. The molecule has 3 heteroatoms. The molecule has 0 aliphatic carbocycles. The van der Waals surface area contributed by atoms with Crippen molar-refractivity contribution in [3.63, 3.8) is 0 Å². The molecule has 0 radical (unpaired) electrons. The van der Waals surface area contributed by atoms with Crippen molar-refractivity contribution in [3.05, 3.63) is 0 Å². The van der Waals surface area contributed by atoms with Crippen molar-refractivity contribution in [2.45, 2.75) is 46.5 Å². The maximum atomic E-state index is 11.5. The van der Waals surface area contributed by atoms with E-state index < -0.39 is 0 Å². The van der Waals surface area contributed by atoms with Crippen LogP contribution in [0.2, 0.25) is 0 Å². The van der Waals surface area contributed by atoms with E-state index in [4.69, 9.17) is 4.74 Å². The maximum absolute atomic E-state index is 11.5. The summed E-state index contributed by atoms with van der Waals surface area (Å²) in [6, 6.07) is 0. The first-order chi connectivity index (χ1) is 7.50. The second-order valence-corrected chi connectivity index (χ2v) is 5.80. The van der Waals surface area contributed by atoms with Crippen LogP contribution in [0.15, 0.2) is 0 Å². The molecule has 1 saturated heterocycles. The van der Waals surface area contributed by atoms with E-state index in [1.807, 2.05) is 20.8 Å². The number of rotatable bonds is 4. The van der Waals surface area contributed by atoms with Crippen molar-refractivity contribution in [3.8, 4) is 0 Å². The lowest BCUT2D eigenvalue weighted by Gasteiger charge is -2.23. The summed E-state index contributed by atoms with van der Waals surface area (Å²) in [6.07, 6.45) is 5.11. The SMILES string of the molecule is CC(C)(C)C(=O)OCCC[NH+]1CCCCC1. The number of piperidine rings is 1. The Hall–Kier alpha value is -0.570. The van der Waals surface area contributed by atoms with Crippen LogP contribution in [-0.4, -0.2) is 32.2 Å². The van der Waals surface area contributed by atoms with E-state index >= 15 is 0 Å². The summed E-state index contributed by atoms with van der Waals surface area (Å²) in [5, 5.41) is 0. The van der Waals surface area contributed by atoms with Crippen LogP contribution in [0.5, 0.6) is 0 Å². The normalized spacial score (nSPS) is 18.4. The average Bonchev–Trinajstić information content (AvgIpc) is 2.24. The topological polar surface area (TPSA) is 30.7 Å². The minimum Gasteiger partial charge on any atom is -0.465 e. The van der Waals surface area contributed by atoms with Gasteiger partial charge in [0.25, 0.3) is 0 Å². The number of carbonyl (C=O) groups is 1. The Morgan fingerprint density at radius 3 is 2.38 bits per heavy atom. The largest absolute Gasteiger partial charge is 0.465 e. The molecule has 1 fully saturated rings. The van der Waals surface area contributed by atoms with E-state index in [1.165, 1.54) is 32.4 Å². The molecule has 0 aromatic rings. The predicted octanol–water partition coefficient (Wildman–Crippen LogP) is 1.03. The molecule has 0 bridgehead atoms. The minimum absolute atomic E-state index is 0.0823. The number of esters is 1. The van der Waals surface area contributed by atoms with Gasteiger partial charge in [0.1, 0.15) is 0 Å². The first-order valence-corrected chi connectivity index (χ1v) is 6.51. The lowest BCUT2D eigenvalue weighted by atomic mass is 9.97. The number of hydrogen-bond donors (Lipinski definition) is 1. The zero-order valence-electron chi connectivity index (χ0n) is 11.0. The highest BCUT2D eigenvalue weighted by atomic mass is 16.5. The number of likely N-dealkylation sites (tertiary alicyclic amines) is 1. The van der Waals surface area contributed by atoms with E-state index in [2.05, 4.69) is 0 Å². The molecule has 1 N–H and O–H groups in total. The molecule has 0 amide bonds. The van der Waals surface area contributed by atoms with E-state index in [9.17, 15) is 4.79 Å². The summed E-state index contributed by atoms with van der Waals surface area (Å²) in [5.74, 6) is -0.0823. The van der Waals surface area contributed by atoms with Crippen molar-refractivity contribution in [1.29, 1.82) is 0 Å². The van der Waals surface area contributed by atoms with Gasteiger partial charge in [0.15, 0.2) is 0 Å². The molecular formula is C13H26NO2+. The van der Waals surface area contributed by atoms with Crippen LogP contribution in [0.1, 0.15) is 46.5 Å². The molecule has 3 nitrogen and oxygen atoms in total. The van der Waals surface area contributed by atoms with Crippen LogP contribution in [0, 0.1) is 5.41 Å². The summed E-state index contributed by atoms with van der Waals surface area (Å²) in [6.45, 7) is 10.0. The first-order valence-electron chi connectivity index (χ1n) is 6.51. The van der Waals surface area contributed by atoms with Crippen LogP contribution in [0.25, 0.3) is 0 Å². The summed E-state index contributed by atoms with van der Waals surface area (Å²) in [4.78, 5) is 13.2. The molecule has 0 aromatic heterocycles. The van der Waals surface area contributed by atoms with Crippen molar-refractivity contribution < 1.29 is 14.4 Å². The fourth-order valence-electron chi connectivity index (χ4n) is 2.01. The summed E-state index contributed by atoms with van der Waals surface area (Å²) in [7, 11) is 0. The molecular weight excluding hydrogens is 202 g/mol. The fraction of sp³-hybridized carbons (Fsp3) is 0.923. The Balaban J connectivity index is 2.05. The number of ether oxygens (including phenoxy) is 1. The lowest BCUT2D eigenvalue weighted by molar-refractivity contribution is -0.905. The highest BCUT2D eigenvalue weighted by Crippen LogP contribution is 2.14. The van der Waals surface area contributed by atoms with Crippen LogP contribution in [0.3, 0.4) is 0 Å². The Kier molecular flexibility index (Phi) is 5.26. The fourth-order valence-corrected chi connectivity index (χ4v) is 2.01. The molecule has 1 aliphatic heterocycles.